The van der Waals surface area contributed by atoms with E-state index in [0.717, 1.165) is 11.1 Å². The van der Waals surface area contributed by atoms with Crippen LogP contribution in [-0.4, -0.2) is 33.6 Å². The molecule has 2 aromatic carbocycles. The first-order valence-electron chi connectivity index (χ1n) is 10.3. The van der Waals surface area contributed by atoms with Crippen molar-refractivity contribution in [2.75, 3.05) is 6.61 Å². The van der Waals surface area contributed by atoms with Crippen molar-refractivity contribution in [3.8, 4) is 17.1 Å². The van der Waals surface area contributed by atoms with Gasteiger partial charge in [0.15, 0.2) is 6.61 Å². The van der Waals surface area contributed by atoms with E-state index in [9.17, 15) is 4.79 Å². The summed E-state index contributed by atoms with van der Waals surface area (Å²) in [6.07, 6.45) is 0. The Hall–Kier alpha value is -3.15. The maximum Gasteiger partial charge on any atom is 0.261 e. The number of ether oxygens (including phenoxy) is 1. The van der Waals surface area contributed by atoms with Gasteiger partial charge in [-0.1, -0.05) is 54.9 Å². The van der Waals surface area contributed by atoms with Crippen LogP contribution in [0.2, 0.25) is 0 Å². The summed E-state index contributed by atoms with van der Waals surface area (Å²) >= 11 is 0. The summed E-state index contributed by atoms with van der Waals surface area (Å²) in [5.74, 6) is 1.92. The predicted octanol–water partition coefficient (Wildman–Crippen LogP) is 4.98. The number of benzene rings is 2. The number of aryl methyl sites for hydroxylation is 1. The topological polar surface area (TPSA) is 68.5 Å². The molecule has 0 aliphatic rings. The SMILES string of the molecule is Cc1cccc(-c2noc(CN(C(=O)COc3ccc(C(C)C)cc3)C(C)C)n2)c1. The molecule has 6 heteroatoms. The smallest absolute Gasteiger partial charge is 0.261 e. The van der Waals surface area contributed by atoms with E-state index in [0.29, 0.717) is 23.4 Å². The Labute approximate surface area is 177 Å². The van der Waals surface area contributed by atoms with Gasteiger partial charge in [0.2, 0.25) is 11.7 Å². The third-order valence-electron chi connectivity index (χ3n) is 4.90. The van der Waals surface area contributed by atoms with Crippen molar-refractivity contribution in [1.82, 2.24) is 15.0 Å². The zero-order valence-electron chi connectivity index (χ0n) is 18.3. The van der Waals surface area contributed by atoms with E-state index in [-0.39, 0.29) is 25.1 Å². The molecular formula is C24H29N3O3. The molecule has 0 spiro atoms. The molecule has 0 aliphatic heterocycles. The second-order valence-corrected chi connectivity index (χ2v) is 8.01. The monoisotopic (exact) mass is 407 g/mol. The van der Waals surface area contributed by atoms with E-state index in [1.165, 1.54) is 5.56 Å². The highest BCUT2D eigenvalue weighted by atomic mass is 16.5. The van der Waals surface area contributed by atoms with Gasteiger partial charge < -0.3 is 14.2 Å². The summed E-state index contributed by atoms with van der Waals surface area (Å²) in [6, 6.07) is 15.7. The lowest BCUT2D eigenvalue weighted by molar-refractivity contribution is -0.136. The van der Waals surface area contributed by atoms with Gasteiger partial charge in [0, 0.05) is 11.6 Å². The lowest BCUT2D eigenvalue weighted by Crippen LogP contribution is -2.39. The highest BCUT2D eigenvalue weighted by Crippen LogP contribution is 2.20. The molecule has 1 aromatic heterocycles. The van der Waals surface area contributed by atoms with E-state index >= 15 is 0 Å². The first-order valence-corrected chi connectivity index (χ1v) is 10.3. The lowest BCUT2D eigenvalue weighted by Gasteiger charge is -2.25. The van der Waals surface area contributed by atoms with E-state index < -0.39 is 0 Å². The van der Waals surface area contributed by atoms with Crippen LogP contribution in [0.15, 0.2) is 53.1 Å². The highest BCUT2D eigenvalue weighted by Gasteiger charge is 2.21. The molecular weight excluding hydrogens is 378 g/mol. The van der Waals surface area contributed by atoms with Gasteiger partial charge in [-0.3, -0.25) is 4.79 Å². The molecule has 6 nitrogen and oxygen atoms in total. The van der Waals surface area contributed by atoms with E-state index in [1.54, 1.807) is 4.90 Å². The van der Waals surface area contributed by atoms with Gasteiger partial charge in [-0.05, 0) is 50.5 Å². The molecule has 0 fully saturated rings. The summed E-state index contributed by atoms with van der Waals surface area (Å²) < 4.78 is 11.1. The van der Waals surface area contributed by atoms with Crippen molar-refractivity contribution in [3.63, 3.8) is 0 Å². The van der Waals surface area contributed by atoms with E-state index in [1.807, 2.05) is 69.3 Å². The van der Waals surface area contributed by atoms with E-state index in [2.05, 4.69) is 24.0 Å². The second-order valence-electron chi connectivity index (χ2n) is 8.01. The Morgan fingerprint density at radius 3 is 2.47 bits per heavy atom. The van der Waals surface area contributed by atoms with Gasteiger partial charge in [0.25, 0.3) is 5.91 Å². The maximum atomic E-state index is 12.8. The molecule has 0 radical (unpaired) electrons. The number of hydrogen-bond donors (Lipinski definition) is 0. The zero-order valence-corrected chi connectivity index (χ0v) is 18.3. The Balaban J connectivity index is 1.63. The van der Waals surface area contributed by atoms with Crippen molar-refractivity contribution < 1.29 is 14.1 Å². The summed E-state index contributed by atoms with van der Waals surface area (Å²) in [5.41, 5.74) is 3.25. The molecule has 3 aromatic rings. The first-order chi connectivity index (χ1) is 14.3. The van der Waals surface area contributed by atoms with Crippen molar-refractivity contribution in [2.45, 2.75) is 53.1 Å². The van der Waals surface area contributed by atoms with Gasteiger partial charge in [-0.15, -0.1) is 0 Å². The number of rotatable bonds is 8. The van der Waals surface area contributed by atoms with Crippen LogP contribution < -0.4 is 4.74 Å². The lowest BCUT2D eigenvalue weighted by atomic mass is 10.0. The number of hydrogen-bond acceptors (Lipinski definition) is 5. The Morgan fingerprint density at radius 1 is 1.10 bits per heavy atom. The Morgan fingerprint density at radius 2 is 1.83 bits per heavy atom. The third-order valence-corrected chi connectivity index (χ3v) is 4.90. The zero-order chi connectivity index (χ0) is 21.7. The molecule has 158 valence electrons. The van der Waals surface area contributed by atoms with Gasteiger partial charge in [-0.25, -0.2) is 0 Å². The third kappa shape index (κ3) is 5.47. The Kier molecular flexibility index (Phi) is 6.87. The van der Waals surface area contributed by atoms with Crippen LogP contribution in [0.5, 0.6) is 5.75 Å². The van der Waals surface area contributed by atoms with Gasteiger partial charge in [0.1, 0.15) is 12.3 Å². The van der Waals surface area contributed by atoms with Crippen LogP contribution in [-0.2, 0) is 11.3 Å². The minimum atomic E-state index is -0.131. The minimum absolute atomic E-state index is 0.0289. The molecule has 0 atom stereocenters. The maximum absolute atomic E-state index is 12.8. The first kappa shape index (κ1) is 21.6. The standard InChI is InChI=1S/C24H29N3O3/c1-16(2)19-9-11-21(12-10-19)29-15-23(28)27(17(3)4)14-22-25-24(26-30-22)20-8-6-7-18(5)13-20/h6-13,16-17H,14-15H2,1-5H3. The molecule has 1 heterocycles. The molecule has 0 saturated heterocycles. The minimum Gasteiger partial charge on any atom is -0.484 e. The fourth-order valence-electron chi connectivity index (χ4n) is 3.10. The number of nitrogens with zero attached hydrogens (tertiary/aromatic N) is 3. The summed E-state index contributed by atoms with van der Waals surface area (Å²) in [5, 5.41) is 4.06. The summed E-state index contributed by atoms with van der Waals surface area (Å²) in [7, 11) is 0. The van der Waals surface area contributed by atoms with Crippen molar-refractivity contribution in [2.24, 2.45) is 0 Å². The van der Waals surface area contributed by atoms with Crippen LogP contribution in [0, 0.1) is 6.92 Å². The number of amides is 1. The number of aromatic nitrogens is 2. The van der Waals surface area contributed by atoms with Crippen LogP contribution in [0.1, 0.15) is 50.6 Å². The molecule has 3 rings (SSSR count). The molecule has 0 saturated carbocycles. The summed E-state index contributed by atoms with van der Waals surface area (Å²) in [6.45, 7) is 10.4. The van der Waals surface area contributed by atoms with Crippen LogP contribution in [0.4, 0.5) is 0 Å². The van der Waals surface area contributed by atoms with Gasteiger partial charge >= 0.3 is 0 Å². The molecule has 0 N–H and O–H groups in total. The summed E-state index contributed by atoms with van der Waals surface area (Å²) in [4.78, 5) is 18.9. The van der Waals surface area contributed by atoms with Crippen molar-refractivity contribution in [3.05, 3.63) is 65.5 Å². The van der Waals surface area contributed by atoms with Gasteiger partial charge in [-0.2, -0.15) is 4.98 Å². The second kappa shape index (κ2) is 9.57. The Bertz CT molecular complexity index is 977. The van der Waals surface area contributed by atoms with E-state index in [4.69, 9.17) is 9.26 Å². The van der Waals surface area contributed by atoms with Crippen LogP contribution >= 0.6 is 0 Å². The highest BCUT2D eigenvalue weighted by molar-refractivity contribution is 5.78. The molecule has 0 bridgehead atoms. The predicted molar refractivity (Wildman–Crippen MR) is 116 cm³/mol. The molecule has 0 unspecified atom stereocenters. The normalized spacial score (nSPS) is 11.2. The largest absolute Gasteiger partial charge is 0.484 e. The van der Waals surface area contributed by atoms with Crippen molar-refractivity contribution in [1.29, 1.82) is 0 Å². The molecule has 0 aliphatic carbocycles. The van der Waals surface area contributed by atoms with Crippen LogP contribution in [0.3, 0.4) is 0 Å². The molecule has 1 amide bonds. The molecule has 30 heavy (non-hydrogen) atoms. The van der Waals surface area contributed by atoms with Gasteiger partial charge in [0.05, 0.1) is 0 Å². The fourth-order valence-corrected chi connectivity index (χ4v) is 3.10. The number of carbonyl (C=O) groups is 1. The average Bonchev–Trinajstić information content (AvgIpc) is 3.19. The van der Waals surface area contributed by atoms with Crippen molar-refractivity contribution >= 4 is 5.91 Å². The average molecular weight is 408 g/mol. The fraction of sp³-hybridized carbons (Fsp3) is 0.375. The quantitative estimate of drug-likeness (QED) is 0.526. The van der Waals surface area contributed by atoms with Crippen LogP contribution in [0.25, 0.3) is 11.4 Å². The number of carbonyl (C=O) groups excluding carboxylic acids is 1.